The molecular formula is C21H24F2N4O4. The number of piperidine rings is 2. The van der Waals surface area contributed by atoms with Gasteiger partial charge in [0.1, 0.15) is 6.04 Å². The highest BCUT2D eigenvalue weighted by Gasteiger charge is 2.47. The number of halogens is 2. The van der Waals surface area contributed by atoms with E-state index in [1.807, 2.05) is 0 Å². The third-order valence-corrected chi connectivity index (χ3v) is 6.30. The van der Waals surface area contributed by atoms with Gasteiger partial charge in [0.2, 0.25) is 11.8 Å². The van der Waals surface area contributed by atoms with Crippen LogP contribution in [0.1, 0.15) is 58.4 Å². The summed E-state index contributed by atoms with van der Waals surface area (Å²) in [6, 6.07) is 2.63. The molecule has 0 radical (unpaired) electrons. The quantitative estimate of drug-likeness (QED) is 0.670. The summed E-state index contributed by atoms with van der Waals surface area (Å²) in [6.07, 6.45) is 1.81. The molecule has 4 amide bonds. The molecule has 10 heteroatoms. The number of alkyl halides is 2. The van der Waals surface area contributed by atoms with Crippen molar-refractivity contribution in [3.05, 3.63) is 34.9 Å². The number of rotatable bonds is 5. The van der Waals surface area contributed by atoms with Crippen LogP contribution in [0.25, 0.3) is 0 Å². The first kappa shape index (κ1) is 21.5. The van der Waals surface area contributed by atoms with E-state index in [4.69, 9.17) is 5.73 Å². The van der Waals surface area contributed by atoms with E-state index in [9.17, 15) is 28.0 Å². The van der Waals surface area contributed by atoms with Crippen molar-refractivity contribution in [3.63, 3.8) is 0 Å². The van der Waals surface area contributed by atoms with Gasteiger partial charge in [-0.15, -0.1) is 0 Å². The van der Waals surface area contributed by atoms with Gasteiger partial charge in [-0.05, 0) is 37.4 Å². The van der Waals surface area contributed by atoms with E-state index >= 15 is 0 Å². The monoisotopic (exact) mass is 434 g/mol. The molecule has 4 rings (SSSR count). The predicted molar refractivity (Wildman–Crippen MR) is 105 cm³/mol. The Morgan fingerprint density at radius 1 is 1.10 bits per heavy atom. The molecule has 2 atom stereocenters. The van der Waals surface area contributed by atoms with Crippen LogP contribution in [-0.4, -0.2) is 64.5 Å². The maximum Gasteiger partial charge on any atom is 0.275 e. The molecule has 0 saturated carbocycles. The molecule has 8 nitrogen and oxygen atoms in total. The molecule has 0 aliphatic carbocycles. The Kier molecular flexibility index (Phi) is 5.61. The van der Waals surface area contributed by atoms with Gasteiger partial charge in [0, 0.05) is 13.0 Å². The van der Waals surface area contributed by atoms with E-state index in [0.29, 0.717) is 24.9 Å². The number of nitrogens with one attached hydrogen (secondary N) is 1. The maximum absolute atomic E-state index is 14.4. The first-order valence-corrected chi connectivity index (χ1v) is 10.4. The Bertz CT molecular complexity index is 951. The van der Waals surface area contributed by atoms with Crippen LogP contribution in [0.15, 0.2) is 18.2 Å². The number of fused-ring (bicyclic) bond motifs is 1. The Balaban J connectivity index is 1.63. The molecule has 3 N–H and O–H groups in total. The summed E-state index contributed by atoms with van der Waals surface area (Å²) in [4.78, 5) is 52.3. The summed E-state index contributed by atoms with van der Waals surface area (Å²) in [5.74, 6) is -5.44. The van der Waals surface area contributed by atoms with Gasteiger partial charge in [-0.3, -0.25) is 34.3 Å². The van der Waals surface area contributed by atoms with E-state index in [0.717, 1.165) is 11.3 Å². The number of carbonyl (C=O) groups is 4. The molecule has 3 heterocycles. The van der Waals surface area contributed by atoms with E-state index in [-0.39, 0.29) is 30.5 Å². The van der Waals surface area contributed by atoms with E-state index in [2.05, 4.69) is 5.32 Å². The Hall–Kier alpha value is -2.72. The highest BCUT2D eigenvalue weighted by atomic mass is 19.3. The number of nitrogens with zero attached hydrogens (tertiary/aromatic N) is 2. The van der Waals surface area contributed by atoms with Crippen LogP contribution in [0.3, 0.4) is 0 Å². The SMILES string of the molecule is NCC(F)(F)C1CCCCN1Cc1cccc2c1C(=O)N(C1CCC(=O)NC1=O)C2=O. The Labute approximate surface area is 177 Å². The first-order valence-electron chi connectivity index (χ1n) is 10.4. The molecule has 1 aromatic rings. The molecule has 0 spiro atoms. The molecule has 166 valence electrons. The molecule has 3 aliphatic heterocycles. The van der Waals surface area contributed by atoms with Gasteiger partial charge in [-0.25, -0.2) is 8.78 Å². The van der Waals surface area contributed by atoms with Crippen molar-refractivity contribution in [2.24, 2.45) is 5.73 Å². The number of likely N-dealkylation sites (tertiary alicyclic amines) is 1. The van der Waals surface area contributed by atoms with Gasteiger partial charge >= 0.3 is 0 Å². The zero-order chi connectivity index (χ0) is 22.3. The van der Waals surface area contributed by atoms with Crippen LogP contribution in [0, 0.1) is 0 Å². The number of hydrogen-bond acceptors (Lipinski definition) is 6. The largest absolute Gasteiger partial charge is 0.325 e. The highest BCUT2D eigenvalue weighted by Crippen LogP contribution is 2.34. The van der Waals surface area contributed by atoms with E-state index < -0.39 is 48.2 Å². The Morgan fingerprint density at radius 2 is 1.87 bits per heavy atom. The lowest BCUT2D eigenvalue weighted by Gasteiger charge is -2.40. The molecule has 0 bridgehead atoms. The summed E-state index contributed by atoms with van der Waals surface area (Å²) in [6.45, 7) is -0.254. The lowest BCUT2D eigenvalue weighted by molar-refractivity contribution is -0.136. The van der Waals surface area contributed by atoms with Crippen molar-refractivity contribution in [1.82, 2.24) is 15.1 Å². The second-order valence-corrected chi connectivity index (χ2v) is 8.23. The van der Waals surface area contributed by atoms with Crippen molar-refractivity contribution in [2.75, 3.05) is 13.1 Å². The summed E-state index contributed by atoms with van der Waals surface area (Å²) in [5, 5.41) is 2.16. The number of benzene rings is 1. The van der Waals surface area contributed by atoms with Crippen molar-refractivity contribution in [3.8, 4) is 0 Å². The molecule has 2 fully saturated rings. The summed E-state index contributed by atoms with van der Waals surface area (Å²) in [5.41, 5.74) is 6.05. The standard InChI is InChI=1S/C21H24F2N4O4/c22-21(23,11-24)15-6-1-2-9-26(15)10-12-4-3-5-13-17(12)20(31)27(19(13)30)14-7-8-16(28)25-18(14)29/h3-5,14-15H,1-2,6-11,24H2,(H,25,28,29). The summed E-state index contributed by atoms with van der Waals surface area (Å²) in [7, 11) is 0. The van der Waals surface area contributed by atoms with E-state index in [1.165, 1.54) is 6.07 Å². The lowest BCUT2D eigenvalue weighted by Crippen LogP contribution is -2.54. The minimum absolute atomic E-state index is 0.0281. The van der Waals surface area contributed by atoms with E-state index in [1.54, 1.807) is 17.0 Å². The van der Waals surface area contributed by atoms with Gasteiger partial charge < -0.3 is 5.73 Å². The fourth-order valence-electron chi connectivity index (χ4n) is 4.73. The molecular weight excluding hydrogens is 410 g/mol. The zero-order valence-electron chi connectivity index (χ0n) is 16.9. The topological polar surface area (TPSA) is 113 Å². The van der Waals surface area contributed by atoms with Crippen LogP contribution in [-0.2, 0) is 16.1 Å². The molecule has 3 aliphatic rings. The number of amides is 4. The second-order valence-electron chi connectivity index (χ2n) is 8.23. The molecule has 0 aromatic heterocycles. The van der Waals surface area contributed by atoms with Gasteiger partial charge in [0.15, 0.2) is 0 Å². The van der Waals surface area contributed by atoms with Crippen LogP contribution in [0.4, 0.5) is 8.78 Å². The third-order valence-electron chi connectivity index (χ3n) is 6.30. The van der Waals surface area contributed by atoms with Crippen molar-refractivity contribution < 1.29 is 28.0 Å². The molecule has 31 heavy (non-hydrogen) atoms. The smallest absolute Gasteiger partial charge is 0.275 e. The summed E-state index contributed by atoms with van der Waals surface area (Å²) >= 11 is 0. The van der Waals surface area contributed by atoms with Gasteiger partial charge in [-0.1, -0.05) is 18.6 Å². The average molecular weight is 434 g/mol. The van der Waals surface area contributed by atoms with Crippen LogP contribution < -0.4 is 11.1 Å². The first-order chi connectivity index (χ1) is 14.7. The molecule has 1 aromatic carbocycles. The average Bonchev–Trinajstić information content (AvgIpc) is 3.00. The number of carbonyl (C=O) groups excluding carboxylic acids is 4. The Morgan fingerprint density at radius 3 is 2.58 bits per heavy atom. The van der Waals surface area contributed by atoms with Gasteiger partial charge in [-0.2, -0.15) is 0 Å². The van der Waals surface area contributed by atoms with Crippen molar-refractivity contribution in [2.45, 2.75) is 56.7 Å². The third kappa shape index (κ3) is 3.74. The number of nitrogens with two attached hydrogens (primary N) is 1. The highest BCUT2D eigenvalue weighted by molar-refractivity contribution is 6.24. The predicted octanol–water partition coefficient (Wildman–Crippen LogP) is 1.04. The van der Waals surface area contributed by atoms with Crippen molar-refractivity contribution >= 4 is 23.6 Å². The van der Waals surface area contributed by atoms with Gasteiger partial charge in [0.05, 0.1) is 23.7 Å². The maximum atomic E-state index is 14.4. The normalized spacial score (nSPS) is 25.1. The van der Waals surface area contributed by atoms with Crippen LogP contribution >= 0.6 is 0 Å². The van der Waals surface area contributed by atoms with Crippen LogP contribution in [0.2, 0.25) is 0 Å². The fraction of sp³-hybridized carbons (Fsp3) is 0.524. The van der Waals surface area contributed by atoms with Crippen LogP contribution in [0.5, 0.6) is 0 Å². The zero-order valence-corrected chi connectivity index (χ0v) is 16.9. The fourth-order valence-corrected chi connectivity index (χ4v) is 4.73. The minimum Gasteiger partial charge on any atom is -0.325 e. The second kappa shape index (κ2) is 8.08. The van der Waals surface area contributed by atoms with Gasteiger partial charge in [0.25, 0.3) is 17.7 Å². The molecule has 2 unspecified atom stereocenters. The summed E-state index contributed by atoms with van der Waals surface area (Å²) < 4.78 is 28.8. The van der Waals surface area contributed by atoms with Crippen molar-refractivity contribution in [1.29, 1.82) is 0 Å². The number of hydrogen-bond donors (Lipinski definition) is 2. The number of imide groups is 2. The minimum atomic E-state index is -3.06. The molecule has 2 saturated heterocycles. The lowest BCUT2D eigenvalue weighted by atomic mass is 9.94.